The summed E-state index contributed by atoms with van der Waals surface area (Å²) in [6.07, 6.45) is 7.78. The maximum atomic E-state index is 12.3. The normalized spacial score (nSPS) is 20.7. The zero-order valence-corrected chi connectivity index (χ0v) is 14.0. The number of fused-ring (bicyclic) bond motifs is 1. The van der Waals surface area contributed by atoms with Crippen molar-refractivity contribution in [2.75, 3.05) is 14.2 Å². The Morgan fingerprint density at radius 2 is 1.70 bits per heavy atom. The van der Waals surface area contributed by atoms with E-state index in [0.717, 1.165) is 37.0 Å². The molecule has 5 heteroatoms. The third kappa shape index (κ3) is 3.54. The molecular weight excluding hydrogens is 292 g/mol. The monoisotopic (exact) mass is 318 g/mol. The summed E-state index contributed by atoms with van der Waals surface area (Å²) in [6, 6.07) is 4.34. The second-order valence-corrected chi connectivity index (χ2v) is 6.45. The summed E-state index contributed by atoms with van der Waals surface area (Å²) in [6.45, 7) is 0. The summed E-state index contributed by atoms with van der Waals surface area (Å²) >= 11 is 0. The van der Waals surface area contributed by atoms with Crippen molar-refractivity contribution < 1.29 is 14.3 Å². The van der Waals surface area contributed by atoms with Gasteiger partial charge in [-0.1, -0.05) is 19.3 Å². The van der Waals surface area contributed by atoms with Crippen LogP contribution < -0.4 is 20.1 Å². The van der Waals surface area contributed by atoms with Crippen LogP contribution in [-0.4, -0.2) is 26.3 Å². The number of hydrogen-bond donors (Lipinski definition) is 2. The minimum Gasteiger partial charge on any atom is -0.493 e. The van der Waals surface area contributed by atoms with Gasteiger partial charge in [0, 0.05) is 6.04 Å². The minimum atomic E-state index is -0.0514. The van der Waals surface area contributed by atoms with Crippen LogP contribution >= 0.6 is 0 Å². The molecule has 126 valence electrons. The van der Waals surface area contributed by atoms with E-state index in [1.54, 1.807) is 14.2 Å². The van der Waals surface area contributed by atoms with E-state index in [1.807, 2.05) is 12.1 Å². The molecule has 0 heterocycles. The largest absolute Gasteiger partial charge is 0.493 e. The first-order valence-corrected chi connectivity index (χ1v) is 8.53. The number of rotatable bonds is 4. The van der Waals surface area contributed by atoms with Crippen LogP contribution in [0.2, 0.25) is 0 Å². The molecule has 0 aliphatic heterocycles. The highest BCUT2D eigenvalue weighted by Crippen LogP contribution is 2.39. The van der Waals surface area contributed by atoms with Crippen molar-refractivity contribution in [1.82, 2.24) is 10.6 Å². The highest BCUT2D eigenvalue weighted by Gasteiger charge is 2.27. The Morgan fingerprint density at radius 1 is 1.00 bits per heavy atom. The van der Waals surface area contributed by atoms with E-state index in [0.29, 0.717) is 11.8 Å². The second kappa shape index (κ2) is 7.11. The number of aryl methyl sites for hydroxylation is 1. The number of amides is 2. The first-order chi connectivity index (χ1) is 11.2. The Kier molecular flexibility index (Phi) is 4.94. The third-order valence-electron chi connectivity index (χ3n) is 4.97. The van der Waals surface area contributed by atoms with Crippen LogP contribution in [0.5, 0.6) is 11.5 Å². The molecule has 1 atom stereocenters. The summed E-state index contributed by atoms with van der Waals surface area (Å²) < 4.78 is 10.7. The summed E-state index contributed by atoms with van der Waals surface area (Å²) in [5.41, 5.74) is 2.37. The average Bonchev–Trinajstić information content (AvgIpc) is 2.96. The number of carbonyl (C=O) groups is 1. The molecule has 2 aliphatic carbocycles. The van der Waals surface area contributed by atoms with Crippen molar-refractivity contribution in [1.29, 1.82) is 0 Å². The smallest absolute Gasteiger partial charge is 0.315 e. The van der Waals surface area contributed by atoms with Gasteiger partial charge in [0.2, 0.25) is 0 Å². The molecular formula is C18H26N2O3. The summed E-state index contributed by atoms with van der Waals surface area (Å²) in [4.78, 5) is 12.3. The quantitative estimate of drug-likeness (QED) is 0.895. The lowest BCUT2D eigenvalue weighted by Crippen LogP contribution is -2.43. The molecule has 0 spiro atoms. The molecule has 1 aromatic carbocycles. The topological polar surface area (TPSA) is 59.6 Å². The summed E-state index contributed by atoms with van der Waals surface area (Å²) in [7, 11) is 3.28. The zero-order valence-electron chi connectivity index (χ0n) is 14.0. The molecule has 23 heavy (non-hydrogen) atoms. The van der Waals surface area contributed by atoms with Gasteiger partial charge in [-0.25, -0.2) is 4.79 Å². The fraction of sp³-hybridized carbons (Fsp3) is 0.611. The predicted octanol–water partition coefficient (Wildman–Crippen LogP) is 3.32. The summed E-state index contributed by atoms with van der Waals surface area (Å²) in [5, 5.41) is 6.25. The Balaban J connectivity index is 1.66. The lowest BCUT2D eigenvalue weighted by Gasteiger charge is -2.24. The lowest BCUT2D eigenvalue weighted by atomic mass is 9.96. The average molecular weight is 318 g/mol. The van der Waals surface area contributed by atoms with E-state index >= 15 is 0 Å². The van der Waals surface area contributed by atoms with Crippen molar-refractivity contribution in [2.24, 2.45) is 0 Å². The van der Waals surface area contributed by atoms with Gasteiger partial charge in [0.05, 0.1) is 20.3 Å². The number of methoxy groups -OCH3 is 2. The molecule has 0 saturated heterocycles. The molecule has 3 rings (SSSR count). The predicted molar refractivity (Wildman–Crippen MR) is 89.1 cm³/mol. The van der Waals surface area contributed by atoms with E-state index < -0.39 is 0 Å². The molecule has 1 saturated carbocycles. The van der Waals surface area contributed by atoms with Crippen LogP contribution in [0, 0.1) is 0 Å². The fourth-order valence-electron chi connectivity index (χ4n) is 3.72. The molecule has 5 nitrogen and oxygen atoms in total. The Bertz CT molecular complexity index is 568. The molecule has 2 N–H and O–H groups in total. The Hall–Kier alpha value is -1.91. The van der Waals surface area contributed by atoms with Crippen molar-refractivity contribution in [3.8, 4) is 11.5 Å². The van der Waals surface area contributed by atoms with Crippen LogP contribution in [0.1, 0.15) is 55.7 Å². The third-order valence-corrected chi connectivity index (χ3v) is 4.97. The van der Waals surface area contributed by atoms with Crippen molar-refractivity contribution in [3.63, 3.8) is 0 Å². The van der Waals surface area contributed by atoms with Gasteiger partial charge in [-0.2, -0.15) is 0 Å². The van der Waals surface area contributed by atoms with Gasteiger partial charge in [0.15, 0.2) is 11.5 Å². The number of nitrogens with one attached hydrogen (secondary N) is 2. The minimum absolute atomic E-state index is 0.0494. The molecule has 1 aromatic rings. The van der Waals surface area contributed by atoms with Crippen LogP contribution in [-0.2, 0) is 6.42 Å². The molecule has 2 aliphatic rings. The number of benzene rings is 1. The Labute approximate surface area is 137 Å². The van der Waals surface area contributed by atoms with Crippen LogP contribution in [0.25, 0.3) is 0 Å². The fourth-order valence-corrected chi connectivity index (χ4v) is 3.72. The maximum Gasteiger partial charge on any atom is 0.315 e. The lowest BCUT2D eigenvalue weighted by molar-refractivity contribution is 0.228. The van der Waals surface area contributed by atoms with E-state index in [2.05, 4.69) is 10.6 Å². The molecule has 2 amide bonds. The highest BCUT2D eigenvalue weighted by molar-refractivity contribution is 5.75. The van der Waals surface area contributed by atoms with Crippen molar-refractivity contribution in [2.45, 2.75) is 57.0 Å². The van der Waals surface area contributed by atoms with Gasteiger partial charge in [-0.05, 0) is 48.9 Å². The second-order valence-electron chi connectivity index (χ2n) is 6.45. The first kappa shape index (κ1) is 16.0. The van der Waals surface area contributed by atoms with Crippen LogP contribution in [0.3, 0.4) is 0 Å². The maximum absolute atomic E-state index is 12.3. The molecule has 0 aromatic heterocycles. The van der Waals surface area contributed by atoms with E-state index in [-0.39, 0.29) is 12.1 Å². The molecule has 0 radical (unpaired) electrons. The van der Waals surface area contributed by atoms with E-state index in [4.69, 9.17) is 9.47 Å². The number of carbonyl (C=O) groups excluding carboxylic acids is 1. The zero-order chi connectivity index (χ0) is 16.2. The van der Waals surface area contributed by atoms with Crippen molar-refractivity contribution >= 4 is 6.03 Å². The standard InChI is InChI=1S/C18H26N2O3/c1-22-16-10-12-8-9-15(14(12)11-17(16)23-2)20-18(21)19-13-6-4-3-5-7-13/h10-11,13,15H,3-9H2,1-2H3,(H2,19,20,21). The van der Waals surface area contributed by atoms with Crippen LogP contribution in [0.4, 0.5) is 4.79 Å². The SMILES string of the molecule is COc1cc2c(cc1OC)C(NC(=O)NC1CCCCC1)CC2. The molecule has 0 bridgehead atoms. The first-order valence-electron chi connectivity index (χ1n) is 8.53. The van der Waals surface area contributed by atoms with Gasteiger partial charge < -0.3 is 20.1 Å². The number of ether oxygens (including phenoxy) is 2. The van der Waals surface area contributed by atoms with Crippen LogP contribution in [0.15, 0.2) is 12.1 Å². The summed E-state index contributed by atoms with van der Waals surface area (Å²) in [5.74, 6) is 1.46. The van der Waals surface area contributed by atoms with Gasteiger partial charge in [-0.15, -0.1) is 0 Å². The van der Waals surface area contributed by atoms with Gasteiger partial charge in [0.25, 0.3) is 0 Å². The van der Waals surface area contributed by atoms with Gasteiger partial charge in [-0.3, -0.25) is 0 Å². The Morgan fingerprint density at radius 3 is 2.39 bits per heavy atom. The van der Waals surface area contributed by atoms with E-state index in [1.165, 1.54) is 24.8 Å². The van der Waals surface area contributed by atoms with Gasteiger partial charge >= 0.3 is 6.03 Å². The number of hydrogen-bond acceptors (Lipinski definition) is 3. The molecule has 1 unspecified atom stereocenters. The number of urea groups is 1. The van der Waals surface area contributed by atoms with Gasteiger partial charge in [0.1, 0.15) is 0 Å². The highest BCUT2D eigenvalue weighted by atomic mass is 16.5. The molecule has 1 fully saturated rings. The van der Waals surface area contributed by atoms with Crippen molar-refractivity contribution in [3.05, 3.63) is 23.3 Å². The van der Waals surface area contributed by atoms with E-state index in [9.17, 15) is 4.79 Å².